The lowest BCUT2D eigenvalue weighted by Crippen LogP contribution is -2.46. The highest BCUT2D eigenvalue weighted by Gasteiger charge is 2.36. The second-order valence-electron chi connectivity index (χ2n) is 6.02. The molecule has 0 saturated carbocycles. The molecule has 3 rings (SSSR count). The molecule has 1 aromatic heterocycles. The summed E-state index contributed by atoms with van der Waals surface area (Å²) in [6.45, 7) is 5.18. The van der Waals surface area contributed by atoms with Crippen LogP contribution in [0.5, 0.6) is 0 Å². The van der Waals surface area contributed by atoms with Crippen molar-refractivity contribution in [3.8, 4) is 0 Å². The van der Waals surface area contributed by atoms with Crippen molar-refractivity contribution in [2.45, 2.75) is 24.3 Å². The average molecular weight is 406 g/mol. The number of aliphatic imine (C=N–C) groups is 1. The van der Waals surface area contributed by atoms with Crippen LogP contribution in [0.3, 0.4) is 0 Å². The summed E-state index contributed by atoms with van der Waals surface area (Å²) in [4.78, 5) is 29.2. The van der Waals surface area contributed by atoms with Crippen LogP contribution in [-0.4, -0.2) is 39.3 Å². The Morgan fingerprint density at radius 3 is 2.86 bits per heavy atom. The molecule has 2 heterocycles. The topological polar surface area (TPSA) is 88.7 Å². The second kappa shape index (κ2) is 8.42. The Hall–Kier alpha value is -2.88. The number of amides is 3. The van der Waals surface area contributed by atoms with Crippen molar-refractivity contribution in [3.63, 3.8) is 0 Å². The Bertz CT molecular complexity index is 960. The van der Waals surface area contributed by atoms with Crippen LogP contribution in [-0.2, 0) is 17.0 Å². The summed E-state index contributed by atoms with van der Waals surface area (Å²) in [7, 11) is 0. The molecular formula is C18H16F2N4O3S. The molecule has 1 aliphatic rings. The van der Waals surface area contributed by atoms with Crippen LogP contribution in [0.25, 0.3) is 0 Å². The van der Waals surface area contributed by atoms with Gasteiger partial charge in [0.05, 0.1) is 5.92 Å². The minimum absolute atomic E-state index is 0.0646. The molecule has 0 spiro atoms. The number of urea groups is 1. The van der Waals surface area contributed by atoms with E-state index in [1.807, 2.05) is 0 Å². The van der Waals surface area contributed by atoms with Crippen molar-refractivity contribution in [2.75, 3.05) is 6.54 Å². The van der Waals surface area contributed by atoms with Crippen LogP contribution in [0.2, 0.25) is 0 Å². The molecule has 0 saturated heterocycles. The van der Waals surface area contributed by atoms with Crippen molar-refractivity contribution in [1.29, 1.82) is 0 Å². The maximum Gasteiger partial charge on any atom is 0.350 e. The average Bonchev–Trinajstić information content (AvgIpc) is 3.10. The Morgan fingerprint density at radius 2 is 2.11 bits per heavy atom. The van der Waals surface area contributed by atoms with Crippen LogP contribution >= 0.6 is 11.8 Å². The number of rotatable bonds is 7. The standard InChI is InChI=1S/C18H16F2N4O3S/c1-3-6-24-16(25)13(10(2)21-17(24)26)8-15-22-23-18(27-15)28-9-11-7-12(19)4-5-14(11)20/h3-5,7,13H,1,6,8-9H2,2H3. The van der Waals surface area contributed by atoms with E-state index in [0.717, 1.165) is 34.9 Å². The summed E-state index contributed by atoms with van der Waals surface area (Å²) in [6.07, 6.45) is 1.52. The van der Waals surface area contributed by atoms with E-state index in [1.165, 1.54) is 6.08 Å². The van der Waals surface area contributed by atoms with E-state index in [0.29, 0.717) is 5.71 Å². The lowest BCUT2D eigenvalue weighted by molar-refractivity contribution is -0.130. The SMILES string of the molecule is C=CCN1C(=O)N=C(C)C(Cc2nnc(SCc3cc(F)ccc3F)o2)C1=O. The molecule has 10 heteroatoms. The molecule has 0 fully saturated rings. The highest BCUT2D eigenvalue weighted by atomic mass is 32.2. The van der Waals surface area contributed by atoms with E-state index in [9.17, 15) is 18.4 Å². The fourth-order valence-electron chi connectivity index (χ4n) is 2.63. The molecule has 0 radical (unpaired) electrons. The van der Waals surface area contributed by atoms with Crippen LogP contribution < -0.4 is 0 Å². The molecule has 1 atom stereocenters. The van der Waals surface area contributed by atoms with E-state index in [2.05, 4.69) is 21.8 Å². The second-order valence-corrected chi connectivity index (χ2v) is 6.94. The molecule has 7 nitrogen and oxygen atoms in total. The van der Waals surface area contributed by atoms with Gasteiger partial charge in [-0.3, -0.25) is 9.69 Å². The molecule has 1 unspecified atom stereocenters. The number of carbonyl (C=O) groups is 2. The number of imide groups is 1. The predicted octanol–water partition coefficient (Wildman–Crippen LogP) is 3.41. The fraction of sp³-hybridized carbons (Fsp3) is 0.278. The summed E-state index contributed by atoms with van der Waals surface area (Å²) < 4.78 is 32.4. The first-order valence-electron chi connectivity index (χ1n) is 8.29. The van der Waals surface area contributed by atoms with E-state index >= 15 is 0 Å². The van der Waals surface area contributed by atoms with Gasteiger partial charge >= 0.3 is 6.03 Å². The number of aromatic nitrogens is 2. The van der Waals surface area contributed by atoms with Gasteiger partial charge in [-0.05, 0) is 25.1 Å². The molecule has 0 N–H and O–H groups in total. The van der Waals surface area contributed by atoms with Crippen LogP contribution in [0.15, 0.2) is 45.5 Å². The summed E-state index contributed by atoms with van der Waals surface area (Å²) in [6, 6.07) is 2.57. The summed E-state index contributed by atoms with van der Waals surface area (Å²) in [5.41, 5.74) is 0.540. The number of benzene rings is 1. The smallest absolute Gasteiger partial charge is 0.350 e. The zero-order valence-corrected chi connectivity index (χ0v) is 15.7. The van der Waals surface area contributed by atoms with Gasteiger partial charge in [-0.25, -0.2) is 18.6 Å². The number of halogens is 2. The molecule has 1 aromatic carbocycles. The van der Waals surface area contributed by atoms with Gasteiger partial charge in [0, 0.05) is 30.0 Å². The Morgan fingerprint density at radius 1 is 1.32 bits per heavy atom. The molecule has 3 amide bonds. The van der Waals surface area contributed by atoms with E-state index in [1.54, 1.807) is 6.92 Å². The van der Waals surface area contributed by atoms with Gasteiger partial charge in [-0.1, -0.05) is 17.8 Å². The van der Waals surface area contributed by atoms with Gasteiger partial charge in [0.1, 0.15) is 11.6 Å². The van der Waals surface area contributed by atoms with Crippen molar-refractivity contribution >= 4 is 29.4 Å². The van der Waals surface area contributed by atoms with Gasteiger partial charge < -0.3 is 4.42 Å². The third kappa shape index (κ3) is 4.33. The zero-order chi connectivity index (χ0) is 20.3. The van der Waals surface area contributed by atoms with Gasteiger partial charge in [0.25, 0.3) is 5.22 Å². The summed E-state index contributed by atoms with van der Waals surface area (Å²) in [5.74, 6) is -1.88. The molecule has 146 valence electrons. The Kier molecular flexibility index (Phi) is 5.98. The van der Waals surface area contributed by atoms with Crippen molar-refractivity contribution in [3.05, 3.63) is 53.9 Å². The highest BCUT2D eigenvalue weighted by Crippen LogP contribution is 2.25. The van der Waals surface area contributed by atoms with Crippen molar-refractivity contribution in [2.24, 2.45) is 10.9 Å². The number of carbonyl (C=O) groups excluding carboxylic acids is 2. The predicted molar refractivity (Wildman–Crippen MR) is 97.8 cm³/mol. The first-order valence-corrected chi connectivity index (χ1v) is 9.28. The summed E-state index contributed by atoms with van der Waals surface area (Å²) in [5, 5.41) is 7.90. The van der Waals surface area contributed by atoms with Gasteiger partial charge in [0.2, 0.25) is 11.8 Å². The first kappa shape index (κ1) is 19.9. The van der Waals surface area contributed by atoms with Gasteiger partial charge in [-0.15, -0.1) is 16.8 Å². The third-order valence-corrected chi connectivity index (χ3v) is 4.94. The quantitative estimate of drug-likeness (QED) is 0.517. The Labute approximate surface area is 163 Å². The molecule has 2 aromatic rings. The highest BCUT2D eigenvalue weighted by molar-refractivity contribution is 7.98. The van der Waals surface area contributed by atoms with Gasteiger partial charge in [-0.2, -0.15) is 0 Å². The van der Waals surface area contributed by atoms with E-state index in [4.69, 9.17) is 4.42 Å². The number of hydrogen-bond acceptors (Lipinski definition) is 6. The minimum atomic E-state index is -0.698. The van der Waals surface area contributed by atoms with Gasteiger partial charge in [0.15, 0.2) is 0 Å². The zero-order valence-electron chi connectivity index (χ0n) is 14.9. The van der Waals surface area contributed by atoms with Crippen LogP contribution in [0.4, 0.5) is 13.6 Å². The lowest BCUT2D eigenvalue weighted by atomic mass is 9.97. The molecule has 0 aliphatic carbocycles. The number of nitrogens with zero attached hydrogens (tertiary/aromatic N) is 4. The molecule has 28 heavy (non-hydrogen) atoms. The van der Waals surface area contributed by atoms with Crippen molar-refractivity contribution in [1.82, 2.24) is 15.1 Å². The number of hydrogen-bond donors (Lipinski definition) is 0. The largest absolute Gasteiger partial charge is 0.416 e. The first-order chi connectivity index (χ1) is 13.4. The monoisotopic (exact) mass is 406 g/mol. The third-order valence-electron chi connectivity index (χ3n) is 4.07. The lowest BCUT2D eigenvalue weighted by Gasteiger charge is -2.27. The van der Waals surface area contributed by atoms with E-state index < -0.39 is 29.5 Å². The molecule has 0 bridgehead atoms. The van der Waals surface area contributed by atoms with E-state index in [-0.39, 0.29) is 35.4 Å². The fourth-order valence-corrected chi connectivity index (χ4v) is 3.38. The minimum Gasteiger partial charge on any atom is -0.416 e. The van der Waals surface area contributed by atoms with Crippen molar-refractivity contribution < 1.29 is 22.8 Å². The Balaban J connectivity index is 1.68. The molecule has 1 aliphatic heterocycles. The maximum atomic E-state index is 13.7. The maximum absolute atomic E-state index is 13.7. The number of thioether (sulfide) groups is 1. The van der Waals surface area contributed by atoms with Crippen LogP contribution in [0, 0.1) is 17.6 Å². The van der Waals surface area contributed by atoms with Crippen LogP contribution in [0.1, 0.15) is 18.4 Å². The summed E-state index contributed by atoms with van der Waals surface area (Å²) >= 11 is 1.05. The normalized spacial score (nSPS) is 17.0. The molecular weight excluding hydrogens is 390 g/mol.